The number of carbonyl (C=O) groups is 2. The topological polar surface area (TPSA) is 95.6 Å². The summed E-state index contributed by atoms with van der Waals surface area (Å²) in [4.78, 5) is 25.1. The van der Waals surface area contributed by atoms with Crippen LogP contribution in [0.2, 0.25) is 0 Å². The van der Waals surface area contributed by atoms with Crippen molar-refractivity contribution < 1.29 is 18.0 Å². The maximum absolute atomic E-state index is 13.0. The highest BCUT2D eigenvalue weighted by Crippen LogP contribution is 2.27. The van der Waals surface area contributed by atoms with Crippen LogP contribution in [0, 0.1) is 0 Å². The van der Waals surface area contributed by atoms with Crippen molar-refractivity contribution in [1.29, 1.82) is 0 Å². The van der Waals surface area contributed by atoms with Crippen molar-refractivity contribution in [3.63, 3.8) is 0 Å². The number of benzene rings is 2. The van der Waals surface area contributed by atoms with Gasteiger partial charge in [-0.15, -0.1) is 0 Å². The molecule has 1 fully saturated rings. The molecule has 0 saturated heterocycles. The average molecular weight is 428 g/mol. The first-order valence-corrected chi connectivity index (χ1v) is 11.8. The fraction of sp³-hybridized carbons (Fsp3) is 0.364. The molecule has 2 N–H and O–H groups in total. The van der Waals surface area contributed by atoms with Gasteiger partial charge in [-0.2, -0.15) is 4.31 Å². The predicted molar refractivity (Wildman–Crippen MR) is 114 cm³/mol. The summed E-state index contributed by atoms with van der Waals surface area (Å²) in [5.41, 5.74) is 2.95. The Bertz CT molecular complexity index is 1060. The number of amides is 2. The fourth-order valence-electron chi connectivity index (χ4n) is 3.61. The highest BCUT2D eigenvalue weighted by atomic mass is 32.2. The minimum atomic E-state index is -3.55. The summed E-state index contributed by atoms with van der Waals surface area (Å²) in [6.45, 7) is 1.76. The van der Waals surface area contributed by atoms with Crippen molar-refractivity contribution >= 4 is 27.5 Å². The van der Waals surface area contributed by atoms with Gasteiger partial charge in [0, 0.05) is 23.8 Å². The standard InChI is InChI=1S/C22H25N3O4S/c1-2-30(28,29)25-14-17-6-4-3-5-16(17)13-20(25)22(27)24-18-9-7-15(8-10-18)21(26)23-19-11-12-19/h3-10,19-20H,2,11-14H2,1H3,(H,23,26)(H,24,27)/t20-/m0/s1. The van der Waals surface area contributed by atoms with E-state index in [2.05, 4.69) is 10.6 Å². The minimum Gasteiger partial charge on any atom is -0.349 e. The summed E-state index contributed by atoms with van der Waals surface area (Å²) in [5, 5.41) is 5.73. The molecule has 0 radical (unpaired) electrons. The maximum atomic E-state index is 13.0. The first kappa shape index (κ1) is 20.6. The molecule has 4 rings (SSSR count). The van der Waals surface area contributed by atoms with Crippen molar-refractivity contribution in [3.05, 3.63) is 65.2 Å². The van der Waals surface area contributed by atoms with E-state index in [1.165, 1.54) is 4.31 Å². The number of anilines is 1. The summed E-state index contributed by atoms with van der Waals surface area (Å²) in [6.07, 6.45) is 2.35. The Balaban J connectivity index is 1.51. The molecular formula is C22H25N3O4S. The quantitative estimate of drug-likeness (QED) is 0.739. The number of nitrogens with one attached hydrogen (secondary N) is 2. The number of nitrogens with zero attached hydrogens (tertiary/aromatic N) is 1. The zero-order valence-corrected chi connectivity index (χ0v) is 17.6. The van der Waals surface area contributed by atoms with E-state index >= 15 is 0 Å². The van der Waals surface area contributed by atoms with Crippen molar-refractivity contribution in [2.45, 2.75) is 44.8 Å². The van der Waals surface area contributed by atoms with Gasteiger partial charge < -0.3 is 10.6 Å². The lowest BCUT2D eigenvalue weighted by Gasteiger charge is -2.34. The lowest BCUT2D eigenvalue weighted by molar-refractivity contribution is -0.120. The third-order valence-electron chi connectivity index (χ3n) is 5.56. The molecule has 1 aliphatic carbocycles. The normalized spacial score (nSPS) is 19.0. The molecule has 0 unspecified atom stereocenters. The molecule has 8 heteroatoms. The van der Waals surface area contributed by atoms with Crippen LogP contribution in [0.3, 0.4) is 0 Å². The molecule has 1 saturated carbocycles. The molecule has 1 aliphatic heterocycles. The summed E-state index contributed by atoms with van der Waals surface area (Å²) >= 11 is 0. The Hall–Kier alpha value is -2.71. The van der Waals surface area contributed by atoms with Crippen LogP contribution < -0.4 is 10.6 Å². The van der Waals surface area contributed by atoms with Crippen LogP contribution in [-0.4, -0.2) is 42.4 Å². The number of hydrogen-bond acceptors (Lipinski definition) is 4. The second-order valence-electron chi connectivity index (χ2n) is 7.75. The second kappa shape index (κ2) is 8.20. The Labute approximate surface area is 176 Å². The predicted octanol–water partition coefficient (Wildman–Crippen LogP) is 2.29. The van der Waals surface area contributed by atoms with Crippen molar-refractivity contribution in [2.24, 2.45) is 0 Å². The van der Waals surface area contributed by atoms with E-state index in [0.29, 0.717) is 17.7 Å². The number of sulfonamides is 1. The van der Waals surface area contributed by atoms with Crippen LogP contribution in [-0.2, 0) is 27.8 Å². The van der Waals surface area contributed by atoms with E-state index in [9.17, 15) is 18.0 Å². The first-order chi connectivity index (χ1) is 14.4. The van der Waals surface area contributed by atoms with Gasteiger partial charge in [-0.25, -0.2) is 8.42 Å². The van der Waals surface area contributed by atoms with Crippen LogP contribution in [0.15, 0.2) is 48.5 Å². The Kier molecular flexibility index (Phi) is 5.62. The molecule has 2 aliphatic rings. The Morgan fingerprint density at radius 3 is 2.33 bits per heavy atom. The molecule has 2 aromatic carbocycles. The molecule has 158 valence electrons. The third kappa shape index (κ3) is 4.39. The summed E-state index contributed by atoms with van der Waals surface area (Å²) < 4.78 is 26.6. The van der Waals surface area contributed by atoms with E-state index in [1.807, 2.05) is 24.3 Å². The maximum Gasteiger partial charge on any atom is 0.251 e. The molecule has 2 amide bonds. The molecular weight excluding hydrogens is 402 g/mol. The highest BCUT2D eigenvalue weighted by Gasteiger charge is 2.38. The van der Waals surface area contributed by atoms with Gasteiger partial charge in [0.15, 0.2) is 0 Å². The largest absolute Gasteiger partial charge is 0.349 e. The van der Waals surface area contributed by atoms with Crippen LogP contribution in [0.4, 0.5) is 5.69 Å². The lowest BCUT2D eigenvalue weighted by atomic mass is 9.95. The highest BCUT2D eigenvalue weighted by molar-refractivity contribution is 7.89. The smallest absolute Gasteiger partial charge is 0.251 e. The lowest BCUT2D eigenvalue weighted by Crippen LogP contribution is -2.51. The Morgan fingerprint density at radius 1 is 1.03 bits per heavy atom. The van der Waals surface area contributed by atoms with E-state index in [0.717, 1.165) is 24.0 Å². The van der Waals surface area contributed by atoms with Gasteiger partial charge >= 0.3 is 0 Å². The van der Waals surface area contributed by atoms with Crippen molar-refractivity contribution in [2.75, 3.05) is 11.1 Å². The minimum absolute atomic E-state index is 0.0657. The van der Waals surface area contributed by atoms with E-state index < -0.39 is 16.1 Å². The van der Waals surface area contributed by atoms with Gasteiger partial charge in [0.25, 0.3) is 5.91 Å². The van der Waals surface area contributed by atoms with E-state index in [4.69, 9.17) is 0 Å². The van der Waals surface area contributed by atoms with Gasteiger partial charge in [-0.3, -0.25) is 9.59 Å². The van der Waals surface area contributed by atoms with Gasteiger partial charge in [-0.1, -0.05) is 24.3 Å². The van der Waals surface area contributed by atoms with Gasteiger partial charge in [0.2, 0.25) is 15.9 Å². The third-order valence-corrected chi connectivity index (χ3v) is 7.39. The average Bonchev–Trinajstić information content (AvgIpc) is 3.57. The number of carbonyl (C=O) groups excluding carboxylic acids is 2. The monoisotopic (exact) mass is 427 g/mol. The van der Waals surface area contributed by atoms with Gasteiger partial charge in [0.1, 0.15) is 6.04 Å². The zero-order valence-electron chi connectivity index (χ0n) is 16.8. The van der Waals surface area contributed by atoms with Crippen LogP contribution in [0.1, 0.15) is 41.3 Å². The van der Waals surface area contributed by atoms with Crippen LogP contribution in [0.5, 0.6) is 0 Å². The summed E-state index contributed by atoms with van der Waals surface area (Å²) in [7, 11) is -3.55. The molecule has 0 aromatic heterocycles. The van der Waals surface area contributed by atoms with Crippen molar-refractivity contribution in [1.82, 2.24) is 9.62 Å². The molecule has 1 heterocycles. The first-order valence-electron chi connectivity index (χ1n) is 10.2. The number of fused-ring (bicyclic) bond motifs is 1. The van der Waals surface area contributed by atoms with E-state index in [-0.39, 0.29) is 30.2 Å². The fourth-order valence-corrected chi connectivity index (χ4v) is 4.83. The zero-order chi connectivity index (χ0) is 21.3. The SMILES string of the molecule is CCS(=O)(=O)N1Cc2ccccc2C[C@H]1C(=O)Nc1ccc(C(=O)NC2CC2)cc1. The van der Waals surface area contributed by atoms with E-state index in [1.54, 1.807) is 31.2 Å². The molecule has 1 atom stereocenters. The Morgan fingerprint density at radius 2 is 1.70 bits per heavy atom. The molecule has 7 nitrogen and oxygen atoms in total. The van der Waals surface area contributed by atoms with Gasteiger partial charge in [-0.05, 0) is 61.6 Å². The van der Waals surface area contributed by atoms with Crippen LogP contribution >= 0.6 is 0 Å². The molecule has 2 aromatic rings. The molecule has 0 spiro atoms. The summed E-state index contributed by atoms with van der Waals surface area (Å²) in [6, 6.07) is 13.7. The number of rotatable bonds is 6. The summed E-state index contributed by atoms with van der Waals surface area (Å²) in [5.74, 6) is -0.569. The van der Waals surface area contributed by atoms with Crippen molar-refractivity contribution in [3.8, 4) is 0 Å². The second-order valence-corrected chi connectivity index (χ2v) is 9.96. The number of hydrogen-bond donors (Lipinski definition) is 2. The molecule has 30 heavy (non-hydrogen) atoms. The van der Waals surface area contributed by atoms with Gasteiger partial charge in [0.05, 0.1) is 5.75 Å². The molecule has 0 bridgehead atoms. The van der Waals surface area contributed by atoms with Crippen LogP contribution in [0.25, 0.3) is 0 Å².